The fraction of sp³-hybridized carbons (Fsp3) is 1.00. The maximum atomic E-state index is 6.23. The van der Waals surface area contributed by atoms with E-state index in [1.54, 1.807) is 0 Å². The van der Waals surface area contributed by atoms with Gasteiger partial charge in [0.25, 0.3) is 0 Å². The van der Waals surface area contributed by atoms with E-state index in [2.05, 4.69) is 12.2 Å². The van der Waals surface area contributed by atoms with Crippen LogP contribution in [-0.2, 0) is 4.74 Å². The van der Waals surface area contributed by atoms with E-state index in [1.165, 1.54) is 64.2 Å². The van der Waals surface area contributed by atoms with Crippen molar-refractivity contribution in [2.75, 3.05) is 13.2 Å². The first kappa shape index (κ1) is 14.3. The highest BCUT2D eigenvalue weighted by molar-refractivity contribution is 4.79. The summed E-state index contributed by atoms with van der Waals surface area (Å²) in [6, 6.07) is 0.608. The van der Waals surface area contributed by atoms with Gasteiger partial charge in [0, 0.05) is 12.6 Å². The summed E-state index contributed by atoms with van der Waals surface area (Å²) in [5, 5.41) is 3.64. The summed E-state index contributed by atoms with van der Waals surface area (Å²) in [4.78, 5) is 0. The first-order valence-corrected chi connectivity index (χ1v) is 8.25. The van der Waals surface area contributed by atoms with E-state index in [9.17, 15) is 0 Å². The van der Waals surface area contributed by atoms with Gasteiger partial charge in [0.1, 0.15) is 0 Å². The molecule has 106 valence electrons. The summed E-state index contributed by atoms with van der Waals surface area (Å²) in [5.74, 6) is 0.983. The van der Waals surface area contributed by atoms with Crippen LogP contribution in [-0.4, -0.2) is 25.3 Å². The number of hydrogen-bond donors (Lipinski definition) is 1. The molecule has 1 N–H and O–H groups in total. The molecule has 2 nitrogen and oxygen atoms in total. The van der Waals surface area contributed by atoms with E-state index in [-0.39, 0.29) is 0 Å². The zero-order valence-corrected chi connectivity index (χ0v) is 12.1. The van der Waals surface area contributed by atoms with Crippen molar-refractivity contribution in [3.8, 4) is 0 Å². The molecule has 2 heteroatoms. The van der Waals surface area contributed by atoms with E-state index < -0.39 is 0 Å². The molecule has 0 radical (unpaired) electrons. The largest absolute Gasteiger partial charge is 0.377 e. The van der Waals surface area contributed by atoms with Gasteiger partial charge in [0.15, 0.2) is 0 Å². The lowest BCUT2D eigenvalue weighted by Crippen LogP contribution is -2.42. The molecule has 0 amide bonds. The molecular weight excluding hydrogens is 222 g/mol. The second-order valence-electron chi connectivity index (χ2n) is 6.15. The van der Waals surface area contributed by atoms with Crippen molar-refractivity contribution in [2.24, 2.45) is 5.92 Å². The predicted octanol–water partition coefficient (Wildman–Crippen LogP) is 3.89. The Hall–Kier alpha value is -0.0800. The van der Waals surface area contributed by atoms with Crippen molar-refractivity contribution in [3.05, 3.63) is 0 Å². The molecule has 0 heterocycles. The van der Waals surface area contributed by atoms with E-state index >= 15 is 0 Å². The Morgan fingerprint density at radius 3 is 2.39 bits per heavy atom. The molecule has 0 aromatic rings. The molecule has 2 aliphatic rings. The first-order valence-electron chi connectivity index (χ1n) is 8.25. The Balaban J connectivity index is 1.71. The normalized spacial score (nSPS) is 30.5. The smallest absolute Gasteiger partial charge is 0.0728 e. The maximum absolute atomic E-state index is 6.23. The molecule has 2 fully saturated rings. The van der Waals surface area contributed by atoms with Crippen molar-refractivity contribution in [2.45, 2.75) is 83.3 Å². The molecule has 0 aromatic carbocycles. The topological polar surface area (TPSA) is 21.3 Å². The Morgan fingerprint density at radius 2 is 1.72 bits per heavy atom. The summed E-state index contributed by atoms with van der Waals surface area (Å²) >= 11 is 0. The zero-order valence-electron chi connectivity index (χ0n) is 12.1. The van der Waals surface area contributed by atoms with Gasteiger partial charge in [-0.25, -0.2) is 0 Å². The summed E-state index contributed by atoms with van der Waals surface area (Å²) in [6.07, 6.45) is 14.3. The van der Waals surface area contributed by atoms with Crippen molar-refractivity contribution < 1.29 is 4.74 Å². The Labute approximate surface area is 113 Å². The monoisotopic (exact) mass is 253 g/mol. The number of ether oxygens (including phenoxy) is 1. The number of rotatable bonds is 6. The van der Waals surface area contributed by atoms with Gasteiger partial charge in [-0.2, -0.15) is 0 Å². The van der Waals surface area contributed by atoms with Gasteiger partial charge in [-0.05, 0) is 31.7 Å². The van der Waals surface area contributed by atoms with Crippen LogP contribution in [0.4, 0.5) is 0 Å². The van der Waals surface area contributed by atoms with Crippen molar-refractivity contribution in [3.63, 3.8) is 0 Å². The molecule has 0 bridgehead atoms. The van der Waals surface area contributed by atoms with Gasteiger partial charge in [-0.15, -0.1) is 0 Å². The molecular formula is C16H31NO. The lowest BCUT2D eigenvalue weighted by molar-refractivity contribution is 0.00321. The van der Waals surface area contributed by atoms with Gasteiger partial charge in [0.2, 0.25) is 0 Å². The van der Waals surface area contributed by atoms with Crippen LogP contribution in [0.25, 0.3) is 0 Å². The first-order chi connectivity index (χ1) is 8.90. The highest BCUT2D eigenvalue weighted by Crippen LogP contribution is 2.29. The summed E-state index contributed by atoms with van der Waals surface area (Å²) < 4.78 is 6.23. The minimum absolute atomic E-state index is 0.477. The van der Waals surface area contributed by atoms with Gasteiger partial charge >= 0.3 is 0 Å². The second-order valence-corrected chi connectivity index (χ2v) is 6.15. The molecule has 2 saturated carbocycles. The molecule has 18 heavy (non-hydrogen) atoms. The average molecular weight is 253 g/mol. The van der Waals surface area contributed by atoms with Crippen LogP contribution in [0, 0.1) is 5.92 Å². The highest BCUT2D eigenvalue weighted by atomic mass is 16.5. The van der Waals surface area contributed by atoms with Crippen LogP contribution in [0.5, 0.6) is 0 Å². The summed E-state index contributed by atoms with van der Waals surface area (Å²) in [6.45, 7) is 4.29. The maximum Gasteiger partial charge on any atom is 0.0728 e. The number of hydrogen-bond acceptors (Lipinski definition) is 2. The van der Waals surface area contributed by atoms with Crippen molar-refractivity contribution >= 4 is 0 Å². The second kappa shape index (κ2) is 8.16. The highest BCUT2D eigenvalue weighted by Gasteiger charge is 2.23. The zero-order chi connectivity index (χ0) is 12.6. The predicted molar refractivity (Wildman–Crippen MR) is 76.9 cm³/mol. The SMILES string of the molecule is CCNC1CCCCCCC1OCCC1CCC1. The molecule has 2 unspecified atom stereocenters. The van der Waals surface area contributed by atoms with Crippen molar-refractivity contribution in [1.82, 2.24) is 5.32 Å². The lowest BCUT2D eigenvalue weighted by Gasteiger charge is -2.31. The quantitative estimate of drug-likeness (QED) is 0.775. The summed E-state index contributed by atoms with van der Waals surface area (Å²) in [5.41, 5.74) is 0. The van der Waals surface area contributed by atoms with Crippen LogP contribution in [0.2, 0.25) is 0 Å². The number of nitrogens with one attached hydrogen (secondary N) is 1. The molecule has 0 saturated heterocycles. The fourth-order valence-corrected chi connectivity index (χ4v) is 3.31. The molecule has 2 aliphatic carbocycles. The minimum Gasteiger partial charge on any atom is -0.377 e. The molecule has 0 spiro atoms. The fourth-order valence-electron chi connectivity index (χ4n) is 3.31. The molecule has 2 atom stereocenters. The van der Waals surface area contributed by atoms with Gasteiger partial charge < -0.3 is 10.1 Å². The van der Waals surface area contributed by atoms with Crippen LogP contribution in [0.3, 0.4) is 0 Å². The third kappa shape index (κ3) is 4.55. The Morgan fingerprint density at radius 1 is 0.944 bits per heavy atom. The average Bonchev–Trinajstić information content (AvgIpc) is 2.29. The number of likely N-dealkylation sites (N-methyl/N-ethyl adjacent to an activating group) is 1. The van der Waals surface area contributed by atoms with Gasteiger partial charge in [0.05, 0.1) is 6.10 Å². The standard InChI is InChI=1S/C16H31NO/c1-2-17-15-10-5-3-4-6-11-16(15)18-13-12-14-8-7-9-14/h14-17H,2-13H2,1H3. The van der Waals surface area contributed by atoms with E-state index in [1.807, 2.05) is 0 Å². The lowest BCUT2D eigenvalue weighted by atomic mass is 9.83. The minimum atomic E-state index is 0.477. The van der Waals surface area contributed by atoms with E-state index in [0.717, 1.165) is 19.1 Å². The van der Waals surface area contributed by atoms with E-state index in [0.29, 0.717) is 12.1 Å². The van der Waals surface area contributed by atoms with Crippen LogP contribution >= 0.6 is 0 Å². The Kier molecular flexibility index (Phi) is 6.50. The van der Waals surface area contributed by atoms with Gasteiger partial charge in [-0.3, -0.25) is 0 Å². The Bertz CT molecular complexity index is 215. The molecule has 0 aliphatic heterocycles. The van der Waals surface area contributed by atoms with Crippen LogP contribution in [0.1, 0.15) is 71.1 Å². The van der Waals surface area contributed by atoms with Gasteiger partial charge in [-0.1, -0.05) is 51.9 Å². The third-order valence-corrected chi connectivity index (χ3v) is 4.75. The van der Waals surface area contributed by atoms with E-state index in [4.69, 9.17) is 4.74 Å². The van der Waals surface area contributed by atoms with Crippen molar-refractivity contribution in [1.29, 1.82) is 0 Å². The molecule has 2 rings (SSSR count). The van der Waals surface area contributed by atoms with Crippen LogP contribution < -0.4 is 5.32 Å². The third-order valence-electron chi connectivity index (χ3n) is 4.75. The summed E-state index contributed by atoms with van der Waals surface area (Å²) in [7, 11) is 0. The molecule has 0 aromatic heterocycles. The van der Waals surface area contributed by atoms with Crippen LogP contribution in [0.15, 0.2) is 0 Å².